The fourth-order valence-corrected chi connectivity index (χ4v) is 3.93. The number of para-hydroxylation sites is 2. The summed E-state index contributed by atoms with van der Waals surface area (Å²) in [4.78, 5) is 26.0. The summed E-state index contributed by atoms with van der Waals surface area (Å²) in [6.45, 7) is 1.65. The summed E-state index contributed by atoms with van der Waals surface area (Å²) in [5.74, 6) is -1.13. The highest BCUT2D eigenvalue weighted by atomic mass is 16.3. The largest absolute Gasteiger partial charge is 0.507 e. The average Bonchev–Trinajstić information content (AvgIpc) is 2.71. The first-order valence-electron chi connectivity index (χ1n) is 8.95. The van der Waals surface area contributed by atoms with Gasteiger partial charge in [-0.15, -0.1) is 0 Å². The van der Waals surface area contributed by atoms with Crippen LogP contribution in [0.1, 0.15) is 24.0 Å². The smallest absolute Gasteiger partial charge is 0.258 e. The van der Waals surface area contributed by atoms with Crippen LogP contribution in [0.4, 0.5) is 0 Å². The molecule has 2 aromatic carbocycles. The Morgan fingerprint density at radius 3 is 1.46 bits per heavy atom. The molecule has 2 aromatic heterocycles. The van der Waals surface area contributed by atoms with Gasteiger partial charge in [-0.2, -0.15) is 0 Å². The van der Waals surface area contributed by atoms with Crippen molar-refractivity contribution in [3.63, 3.8) is 0 Å². The van der Waals surface area contributed by atoms with E-state index in [9.17, 15) is 19.8 Å². The Morgan fingerprint density at radius 1 is 0.714 bits per heavy atom. The van der Waals surface area contributed by atoms with E-state index in [1.807, 2.05) is 0 Å². The molecule has 0 bridgehead atoms. The van der Waals surface area contributed by atoms with E-state index in [0.717, 1.165) is 0 Å². The summed E-state index contributed by atoms with van der Waals surface area (Å²) in [5.41, 5.74) is 0.553. The fraction of sp³-hybridized carbons (Fsp3) is 0.182. The summed E-state index contributed by atoms with van der Waals surface area (Å²) in [6.07, 6.45) is 0. The lowest BCUT2D eigenvalue weighted by atomic mass is 9.91. The number of hydrogen-bond acceptors (Lipinski definition) is 4. The number of rotatable bonds is 2. The van der Waals surface area contributed by atoms with Gasteiger partial charge in [0, 0.05) is 30.8 Å². The molecule has 0 aliphatic carbocycles. The first-order valence-corrected chi connectivity index (χ1v) is 8.95. The molecule has 0 fully saturated rings. The maximum atomic E-state index is 13.0. The van der Waals surface area contributed by atoms with E-state index in [0.29, 0.717) is 21.8 Å². The lowest BCUT2D eigenvalue weighted by molar-refractivity contribution is 0.458. The zero-order valence-corrected chi connectivity index (χ0v) is 15.8. The van der Waals surface area contributed by atoms with Crippen LogP contribution in [0.5, 0.6) is 11.5 Å². The van der Waals surface area contributed by atoms with Gasteiger partial charge >= 0.3 is 0 Å². The molecule has 4 aromatic rings. The van der Waals surface area contributed by atoms with Gasteiger partial charge in [-0.25, -0.2) is 0 Å². The van der Waals surface area contributed by atoms with E-state index in [1.165, 1.54) is 9.13 Å². The van der Waals surface area contributed by atoms with Crippen LogP contribution in [0.15, 0.2) is 58.1 Å². The molecule has 0 saturated carbocycles. The van der Waals surface area contributed by atoms with Crippen LogP contribution in [0.3, 0.4) is 0 Å². The van der Waals surface area contributed by atoms with Crippen LogP contribution in [-0.2, 0) is 14.1 Å². The highest BCUT2D eigenvalue weighted by Gasteiger charge is 2.27. The van der Waals surface area contributed by atoms with Gasteiger partial charge < -0.3 is 19.3 Å². The third kappa shape index (κ3) is 2.34. The fourth-order valence-electron chi connectivity index (χ4n) is 3.93. The molecule has 4 rings (SSSR count). The van der Waals surface area contributed by atoms with Gasteiger partial charge in [-0.3, -0.25) is 9.59 Å². The van der Waals surface area contributed by atoms with Gasteiger partial charge in [0.05, 0.1) is 22.2 Å². The predicted molar refractivity (Wildman–Crippen MR) is 109 cm³/mol. The number of aromatic hydroxyl groups is 2. The maximum absolute atomic E-state index is 13.0. The zero-order chi connectivity index (χ0) is 20.2. The molecule has 0 spiro atoms. The molecule has 0 saturated heterocycles. The Kier molecular flexibility index (Phi) is 4.00. The van der Waals surface area contributed by atoms with Crippen LogP contribution in [-0.4, -0.2) is 19.3 Å². The van der Waals surface area contributed by atoms with Gasteiger partial charge in [0.25, 0.3) is 11.1 Å². The molecule has 0 radical (unpaired) electrons. The number of aryl methyl sites for hydroxylation is 2. The number of pyridine rings is 2. The van der Waals surface area contributed by atoms with Crippen LogP contribution in [0, 0.1) is 0 Å². The second-order valence-electron chi connectivity index (χ2n) is 7.01. The predicted octanol–water partition coefficient (Wildman–Crippen LogP) is 2.95. The quantitative estimate of drug-likeness (QED) is 0.563. The average molecular weight is 376 g/mol. The molecule has 2 heterocycles. The van der Waals surface area contributed by atoms with Gasteiger partial charge in [-0.05, 0) is 24.3 Å². The SMILES string of the molecule is CC(c1c(O)c2ccccc2n(C)c1=O)c1c(O)c2ccccc2n(C)c1=O. The van der Waals surface area contributed by atoms with E-state index < -0.39 is 17.0 Å². The molecule has 28 heavy (non-hydrogen) atoms. The van der Waals surface area contributed by atoms with Crippen LogP contribution in [0.25, 0.3) is 21.8 Å². The highest BCUT2D eigenvalue weighted by Crippen LogP contribution is 2.37. The molecule has 2 N–H and O–H groups in total. The van der Waals surface area contributed by atoms with Gasteiger partial charge in [0.1, 0.15) is 11.5 Å². The summed E-state index contributed by atoms with van der Waals surface area (Å²) in [7, 11) is 3.25. The Balaban J connectivity index is 2.09. The molecule has 0 atom stereocenters. The second-order valence-corrected chi connectivity index (χ2v) is 7.01. The Hall–Kier alpha value is -3.54. The monoisotopic (exact) mass is 376 g/mol. The number of fused-ring (bicyclic) bond motifs is 2. The van der Waals surface area contributed by atoms with Crippen molar-refractivity contribution in [1.29, 1.82) is 0 Å². The van der Waals surface area contributed by atoms with Crippen LogP contribution >= 0.6 is 0 Å². The standard InChI is InChI=1S/C22H20N2O4/c1-12(17-19(25)13-8-4-6-10-15(13)23(2)21(17)27)18-20(26)14-9-5-7-11-16(14)24(3)22(18)28/h4-12,25-26H,1-3H3. The van der Waals surface area contributed by atoms with Crippen molar-refractivity contribution in [3.05, 3.63) is 80.4 Å². The van der Waals surface area contributed by atoms with E-state index in [2.05, 4.69) is 0 Å². The van der Waals surface area contributed by atoms with Gasteiger partial charge in [0.2, 0.25) is 0 Å². The maximum Gasteiger partial charge on any atom is 0.258 e. The molecular weight excluding hydrogens is 356 g/mol. The minimum atomic E-state index is -0.799. The minimum absolute atomic E-state index is 0.0869. The van der Waals surface area contributed by atoms with Crippen molar-refractivity contribution in [3.8, 4) is 11.5 Å². The first-order chi connectivity index (χ1) is 13.3. The van der Waals surface area contributed by atoms with Crippen LogP contribution in [0.2, 0.25) is 0 Å². The topological polar surface area (TPSA) is 84.5 Å². The summed E-state index contributed by atoms with van der Waals surface area (Å²) >= 11 is 0. The van der Waals surface area contributed by atoms with E-state index in [4.69, 9.17) is 0 Å². The van der Waals surface area contributed by atoms with Crippen molar-refractivity contribution in [2.24, 2.45) is 14.1 Å². The van der Waals surface area contributed by atoms with E-state index in [1.54, 1.807) is 69.6 Å². The van der Waals surface area contributed by atoms with Crippen LogP contribution < -0.4 is 11.1 Å². The molecule has 6 nitrogen and oxygen atoms in total. The summed E-state index contributed by atoms with van der Waals surface area (Å²) in [5, 5.41) is 22.7. The molecule has 142 valence electrons. The molecule has 0 aliphatic rings. The number of nitrogens with zero attached hydrogens (tertiary/aromatic N) is 2. The third-order valence-electron chi connectivity index (χ3n) is 5.49. The minimum Gasteiger partial charge on any atom is -0.507 e. The molecule has 6 heteroatoms. The van der Waals surface area contributed by atoms with Crippen molar-refractivity contribution >= 4 is 21.8 Å². The van der Waals surface area contributed by atoms with Crippen molar-refractivity contribution in [1.82, 2.24) is 9.13 Å². The van der Waals surface area contributed by atoms with E-state index >= 15 is 0 Å². The molecule has 0 aliphatic heterocycles. The first kappa shape index (κ1) is 17.9. The Morgan fingerprint density at radius 2 is 1.07 bits per heavy atom. The Labute approximate surface area is 160 Å². The van der Waals surface area contributed by atoms with Gasteiger partial charge in [0.15, 0.2) is 0 Å². The van der Waals surface area contributed by atoms with E-state index in [-0.39, 0.29) is 22.6 Å². The van der Waals surface area contributed by atoms with Crippen molar-refractivity contribution in [2.75, 3.05) is 0 Å². The summed E-state index contributed by atoms with van der Waals surface area (Å²) < 4.78 is 2.90. The van der Waals surface area contributed by atoms with Crippen molar-refractivity contribution in [2.45, 2.75) is 12.8 Å². The zero-order valence-electron chi connectivity index (χ0n) is 15.8. The Bertz CT molecular complexity index is 1260. The summed E-state index contributed by atoms with van der Waals surface area (Å²) in [6, 6.07) is 14.1. The second kappa shape index (κ2) is 6.27. The highest BCUT2D eigenvalue weighted by molar-refractivity contribution is 5.88. The molecule has 0 unspecified atom stereocenters. The van der Waals surface area contributed by atoms with Gasteiger partial charge in [-0.1, -0.05) is 31.2 Å². The normalized spacial score (nSPS) is 11.6. The van der Waals surface area contributed by atoms with Crippen molar-refractivity contribution < 1.29 is 10.2 Å². The molecule has 0 amide bonds. The number of benzene rings is 2. The number of aromatic nitrogens is 2. The molecular formula is C22H20N2O4. The lowest BCUT2D eigenvalue weighted by Crippen LogP contribution is -2.28. The third-order valence-corrected chi connectivity index (χ3v) is 5.49. The lowest BCUT2D eigenvalue weighted by Gasteiger charge is -2.19. The number of hydrogen-bond donors (Lipinski definition) is 2.